The number of benzene rings is 1. The van der Waals surface area contributed by atoms with Crippen molar-refractivity contribution >= 4 is 43.8 Å². The van der Waals surface area contributed by atoms with E-state index in [0.29, 0.717) is 17.0 Å². The highest BCUT2D eigenvalue weighted by atomic mass is 79.9. The molecule has 1 aromatic carbocycles. The lowest BCUT2D eigenvalue weighted by Gasteiger charge is -2.07. The first-order valence-electron chi connectivity index (χ1n) is 7.22. The minimum absolute atomic E-state index is 0.276. The Morgan fingerprint density at radius 1 is 1.25 bits per heavy atom. The fourth-order valence-corrected chi connectivity index (χ4v) is 3.31. The van der Waals surface area contributed by atoms with Gasteiger partial charge >= 0.3 is 0 Å². The maximum absolute atomic E-state index is 13.4. The van der Waals surface area contributed by atoms with Crippen LogP contribution in [-0.2, 0) is 20.6 Å². The average molecular weight is 390 g/mol. The summed E-state index contributed by atoms with van der Waals surface area (Å²) in [4.78, 5) is 13.1. The third kappa shape index (κ3) is 2.32. The summed E-state index contributed by atoms with van der Waals surface area (Å²) in [6, 6.07) is 4.56. The Morgan fingerprint density at radius 2 is 2.08 bits per heavy atom. The number of aromatic nitrogens is 6. The number of anilines is 1. The number of hydrogen-bond acceptors (Lipinski definition) is 5. The molecule has 1 N–H and O–H groups in total. The normalized spacial score (nSPS) is 11.5. The first-order valence-corrected chi connectivity index (χ1v) is 8.02. The first kappa shape index (κ1) is 15.0. The van der Waals surface area contributed by atoms with E-state index in [0.717, 1.165) is 27.9 Å². The molecule has 4 rings (SSSR count). The Morgan fingerprint density at radius 3 is 2.92 bits per heavy atom. The smallest absolute Gasteiger partial charge is 0.164 e. The van der Waals surface area contributed by atoms with E-state index in [4.69, 9.17) is 0 Å². The van der Waals surface area contributed by atoms with Gasteiger partial charge < -0.3 is 9.88 Å². The van der Waals surface area contributed by atoms with Crippen LogP contribution in [0.3, 0.4) is 0 Å². The van der Waals surface area contributed by atoms with E-state index < -0.39 is 0 Å². The van der Waals surface area contributed by atoms with Gasteiger partial charge in [-0.3, -0.25) is 0 Å². The monoisotopic (exact) mass is 389 g/mol. The Balaban J connectivity index is 1.70. The highest BCUT2D eigenvalue weighted by Gasteiger charge is 2.14. The molecular weight excluding hydrogens is 377 g/mol. The van der Waals surface area contributed by atoms with Gasteiger partial charge in [0, 0.05) is 14.1 Å². The largest absolute Gasteiger partial charge is 0.362 e. The van der Waals surface area contributed by atoms with Crippen LogP contribution in [0.5, 0.6) is 0 Å². The number of aryl methyl sites for hydroxylation is 2. The van der Waals surface area contributed by atoms with Crippen LogP contribution in [0.1, 0.15) is 5.82 Å². The van der Waals surface area contributed by atoms with Crippen LogP contribution < -0.4 is 5.32 Å². The number of nitrogens with one attached hydrogen (secondary N) is 1. The van der Waals surface area contributed by atoms with Crippen LogP contribution in [0.25, 0.3) is 22.1 Å². The molecule has 0 aliphatic rings. The lowest BCUT2D eigenvalue weighted by molar-refractivity contribution is 0.628. The van der Waals surface area contributed by atoms with Crippen molar-refractivity contribution in [3.8, 4) is 0 Å². The second kappa shape index (κ2) is 5.52. The quantitative estimate of drug-likeness (QED) is 0.583. The maximum Gasteiger partial charge on any atom is 0.164 e. The molecule has 0 bridgehead atoms. The second-order valence-corrected chi connectivity index (χ2v) is 6.16. The summed E-state index contributed by atoms with van der Waals surface area (Å²) in [6.45, 7) is 0.445. The van der Waals surface area contributed by atoms with Crippen molar-refractivity contribution in [1.29, 1.82) is 0 Å². The Hall–Kier alpha value is -2.55. The van der Waals surface area contributed by atoms with Gasteiger partial charge in [-0.15, -0.1) is 0 Å². The number of nitrogens with zero attached hydrogens (tertiary/aromatic N) is 6. The highest BCUT2D eigenvalue weighted by molar-refractivity contribution is 9.10. The SMILES string of the molecule is Cn1nc(Br)c2c(NCc3nc4ccc(F)cc4n3C)ncnc21. The van der Waals surface area contributed by atoms with Gasteiger partial charge in [-0.1, -0.05) is 0 Å². The zero-order chi connectivity index (χ0) is 16.8. The summed E-state index contributed by atoms with van der Waals surface area (Å²) in [5.41, 5.74) is 2.24. The number of imidazole rings is 1. The summed E-state index contributed by atoms with van der Waals surface area (Å²) in [7, 11) is 3.69. The Labute approximate surface area is 144 Å². The van der Waals surface area contributed by atoms with Crippen LogP contribution in [0, 0.1) is 5.82 Å². The lowest BCUT2D eigenvalue weighted by atomic mass is 10.3. The standard InChI is InChI=1S/C15H13BrFN7/c1-23-10-5-8(17)3-4-9(10)21-11(23)6-18-14-12-13(16)22-24(2)15(12)20-7-19-14/h3-5,7H,6H2,1-2H3,(H,18,19,20). The fourth-order valence-electron chi connectivity index (χ4n) is 2.71. The van der Waals surface area contributed by atoms with Gasteiger partial charge in [0.05, 0.1) is 23.0 Å². The van der Waals surface area contributed by atoms with Crippen molar-refractivity contribution in [1.82, 2.24) is 29.3 Å². The zero-order valence-electron chi connectivity index (χ0n) is 13.0. The van der Waals surface area contributed by atoms with Gasteiger partial charge in [-0.05, 0) is 34.1 Å². The van der Waals surface area contributed by atoms with Crippen molar-refractivity contribution in [2.75, 3.05) is 5.32 Å². The van der Waals surface area contributed by atoms with Crippen molar-refractivity contribution < 1.29 is 4.39 Å². The molecule has 0 saturated heterocycles. The molecule has 0 aliphatic heterocycles. The van der Waals surface area contributed by atoms with Crippen molar-refractivity contribution in [3.63, 3.8) is 0 Å². The molecule has 0 fully saturated rings. The van der Waals surface area contributed by atoms with Gasteiger partial charge in [0.1, 0.15) is 28.4 Å². The lowest BCUT2D eigenvalue weighted by Crippen LogP contribution is -2.07. The number of halogens is 2. The van der Waals surface area contributed by atoms with Crippen molar-refractivity contribution in [2.45, 2.75) is 6.54 Å². The van der Waals surface area contributed by atoms with Crippen LogP contribution in [-0.4, -0.2) is 29.3 Å². The van der Waals surface area contributed by atoms with Crippen LogP contribution >= 0.6 is 15.9 Å². The average Bonchev–Trinajstić information content (AvgIpc) is 3.03. The zero-order valence-corrected chi connectivity index (χ0v) is 14.5. The van der Waals surface area contributed by atoms with Crippen LogP contribution in [0.2, 0.25) is 0 Å². The van der Waals surface area contributed by atoms with Gasteiger partial charge in [0.25, 0.3) is 0 Å². The van der Waals surface area contributed by atoms with Crippen molar-refractivity contribution in [3.05, 3.63) is 40.8 Å². The highest BCUT2D eigenvalue weighted by Crippen LogP contribution is 2.27. The number of fused-ring (bicyclic) bond motifs is 2. The molecule has 9 heteroatoms. The molecule has 7 nitrogen and oxygen atoms in total. The Kier molecular flexibility index (Phi) is 3.45. The maximum atomic E-state index is 13.4. The molecule has 0 aliphatic carbocycles. The molecule has 0 saturated carbocycles. The molecule has 3 aromatic heterocycles. The fraction of sp³-hybridized carbons (Fsp3) is 0.200. The predicted octanol–water partition coefficient (Wildman–Crippen LogP) is 2.76. The van der Waals surface area contributed by atoms with E-state index in [1.807, 2.05) is 18.7 Å². The molecule has 24 heavy (non-hydrogen) atoms. The number of rotatable bonds is 3. The van der Waals surface area contributed by atoms with E-state index in [9.17, 15) is 4.39 Å². The number of hydrogen-bond donors (Lipinski definition) is 1. The minimum atomic E-state index is -0.276. The summed E-state index contributed by atoms with van der Waals surface area (Å²) >= 11 is 3.43. The first-order chi connectivity index (χ1) is 11.5. The molecule has 0 radical (unpaired) electrons. The minimum Gasteiger partial charge on any atom is -0.362 e. The molecule has 0 atom stereocenters. The van der Waals surface area contributed by atoms with E-state index >= 15 is 0 Å². The topological polar surface area (TPSA) is 73.5 Å². The van der Waals surface area contributed by atoms with Crippen LogP contribution in [0.4, 0.5) is 10.2 Å². The summed E-state index contributed by atoms with van der Waals surface area (Å²) in [6.07, 6.45) is 1.49. The molecular formula is C15H13BrFN7. The summed E-state index contributed by atoms with van der Waals surface area (Å²) < 4.78 is 17.6. The van der Waals surface area contributed by atoms with E-state index in [1.165, 1.54) is 18.5 Å². The third-order valence-corrected chi connectivity index (χ3v) is 4.48. The molecule has 4 aromatic rings. The molecule has 0 amide bonds. The summed E-state index contributed by atoms with van der Waals surface area (Å²) in [5.74, 6) is 1.17. The van der Waals surface area contributed by atoms with E-state index in [2.05, 4.69) is 41.3 Å². The van der Waals surface area contributed by atoms with Crippen LogP contribution in [0.15, 0.2) is 29.1 Å². The van der Waals surface area contributed by atoms with Gasteiger partial charge in [-0.25, -0.2) is 24.0 Å². The van der Waals surface area contributed by atoms with Crippen molar-refractivity contribution in [2.24, 2.45) is 14.1 Å². The van der Waals surface area contributed by atoms with Gasteiger partial charge in [-0.2, -0.15) is 5.10 Å². The molecule has 122 valence electrons. The molecule has 0 unspecified atom stereocenters. The molecule has 3 heterocycles. The Bertz CT molecular complexity index is 1070. The van der Waals surface area contributed by atoms with E-state index in [1.54, 1.807) is 10.7 Å². The van der Waals surface area contributed by atoms with Gasteiger partial charge in [0.2, 0.25) is 0 Å². The van der Waals surface area contributed by atoms with E-state index in [-0.39, 0.29) is 5.82 Å². The summed E-state index contributed by atoms with van der Waals surface area (Å²) in [5, 5.41) is 8.37. The predicted molar refractivity (Wildman–Crippen MR) is 92.0 cm³/mol. The second-order valence-electron chi connectivity index (χ2n) is 5.41. The third-order valence-electron chi connectivity index (χ3n) is 3.93. The molecule has 0 spiro atoms. The van der Waals surface area contributed by atoms with Gasteiger partial charge in [0.15, 0.2) is 5.65 Å².